The molecule has 0 spiro atoms. The van der Waals surface area contributed by atoms with Crippen LogP contribution in [0.25, 0.3) is 11.0 Å². The quantitative estimate of drug-likeness (QED) is 0.788. The van der Waals surface area contributed by atoms with Gasteiger partial charge in [-0.25, -0.2) is 0 Å². The number of nitrogens with one attached hydrogen (secondary N) is 1. The van der Waals surface area contributed by atoms with E-state index in [0.29, 0.717) is 0 Å². The normalized spacial score (nSPS) is 10.9. The standard InChI is InChI=1S/C13H12BrN5/c1-8-12(7-19(2)18-8)17-10-3-4-15-11-5-9(14)6-16-13(10)11/h3-7H,1-2H3,(H,15,17). The Morgan fingerprint density at radius 1 is 1.26 bits per heavy atom. The Labute approximate surface area is 118 Å². The van der Waals surface area contributed by atoms with Crippen molar-refractivity contribution in [2.45, 2.75) is 6.92 Å². The molecule has 0 aliphatic rings. The number of aryl methyl sites for hydroxylation is 2. The van der Waals surface area contributed by atoms with Gasteiger partial charge in [0.1, 0.15) is 5.52 Å². The summed E-state index contributed by atoms with van der Waals surface area (Å²) in [5.74, 6) is 0. The van der Waals surface area contributed by atoms with Crippen molar-refractivity contribution in [1.82, 2.24) is 19.7 Å². The van der Waals surface area contributed by atoms with Crippen LogP contribution in [0.15, 0.2) is 35.2 Å². The molecule has 0 bridgehead atoms. The lowest BCUT2D eigenvalue weighted by Crippen LogP contribution is -1.94. The first-order chi connectivity index (χ1) is 9.13. The number of rotatable bonds is 2. The smallest absolute Gasteiger partial charge is 0.112 e. The molecule has 0 unspecified atom stereocenters. The van der Waals surface area contributed by atoms with E-state index in [2.05, 4.69) is 36.3 Å². The van der Waals surface area contributed by atoms with E-state index in [4.69, 9.17) is 0 Å². The van der Waals surface area contributed by atoms with Gasteiger partial charge in [-0.3, -0.25) is 14.6 Å². The number of halogens is 1. The predicted molar refractivity (Wildman–Crippen MR) is 78.5 cm³/mol. The summed E-state index contributed by atoms with van der Waals surface area (Å²) in [6.07, 6.45) is 5.48. The molecule has 0 aliphatic heterocycles. The summed E-state index contributed by atoms with van der Waals surface area (Å²) in [6, 6.07) is 3.86. The lowest BCUT2D eigenvalue weighted by molar-refractivity contribution is 0.756. The maximum atomic E-state index is 4.41. The number of hydrogen-bond donors (Lipinski definition) is 1. The first-order valence-electron chi connectivity index (χ1n) is 5.81. The van der Waals surface area contributed by atoms with E-state index < -0.39 is 0 Å². The van der Waals surface area contributed by atoms with Crippen molar-refractivity contribution in [2.75, 3.05) is 5.32 Å². The van der Waals surface area contributed by atoms with Gasteiger partial charge in [0.05, 0.1) is 22.6 Å². The predicted octanol–water partition coefficient (Wildman–Crippen LogP) is 3.18. The number of hydrogen-bond acceptors (Lipinski definition) is 4. The van der Waals surface area contributed by atoms with Gasteiger partial charge in [-0.15, -0.1) is 0 Å². The molecular weight excluding hydrogens is 306 g/mol. The summed E-state index contributed by atoms with van der Waals surface area (Å²) in [5, 5.41) is 7.67. The van der Waals surface area contributed by atoms with E-state index in [9.17, 15) is 0 Å². The van der Waals surface area contributed by atoms with E-state index in [1.807, 2.05) is 32.3 Å². The van der Waals surface area contributed by atoms with E-state index in [0.717, 1.165) is 32.6 Å². The third kappa shape index (κ3) is 2.31. The Hall–Kier alpha value is -1.95. The molecule has 6 heteroatoms. The van der Waals surface area contributed by atoms with Crippen molar-refractivity contribution < 1.29 is 0 Å². The van der Waals surface area contributed by atoms with Gasteiger partial charge in [0.25, 0.3) is 0 Å². The molecule has 3 heterocycles. The average Bonchev–Trinajstić information content (AvgIpc) is 2.68. The number of anilines is 2. The second-order valence-corrected chi connectivity index (χ2v) is 5.22. The summed E-state index contributed by atoms with van der Waals surface area (Å²) in [4.78, 5) is 8.73. The van der Waals surface area contributed by atoms with Gasteiger partial charge in [-0.2, -0.15) is 5.10 Å². The van der Waals surface area contributed by atoms with E-state index in [1.165, 1.54) is 0 Å². The second kappa shape index (κ2) is 4.62. The van der Waals surface area contributed by atoms with Crippen molar-refractivity contribution in [3.8, 4) is 0 Å². The molecule has 0 fully saturated rings. The zero-order valence-corrected chi connectivity index (χ0v) is 12.1. The van der Waals surface area contributed by atoms with Crippen LogP contribution in [-0.2, 0) is 7.05 Å². The number of aromatic nitrogens is 4. The van der Waals surface area contributed by atoms with Crippen molar-refractivity contribution in [1.29, 1.82) is 0 Å². The first kappa shape index (κ1) is 12.1. The fourth-order valence-electron chi connectivity index (χ4n) is 1.97. The van der Waals surface area contributed by atoms with Crippen molar-refractivity contribution >= 4 is 38.3 Å². The van der Waals surface area contributed by atoms with Gasteiger partial charge in [0, 0.05) is 30.1 Å². The highest BCUT2D eigenvalue weighted by atomic mass is 79.9. The maximum absolute atomic E-state index is 4.41. The molecule has 3 rings (SSSR count). The van der Waals surface area contributed by atoms with Crippen LogP contribution in [0.4, 0.5) is 11.4 Å². The fraction of sp³-hybridized carbons (Fsp3) is 0.154. The minimum Gasteiger partial charge on any atom is -0.351 e. The van der Waals surface area contributed by atoms with Crippen molar-refractivity contribution in [3.63, 3.8) is 0 Å². The number of fused-ring (bicyclic) bond motifs is 1. The van der Waals surface area contributed by atoms with E-state index >= 15 is 0 Å². The molecule has 0 radical (unpaired) electrons. The summed E-state index contributed by atoms with van der Waals surface area (Å²) in [6.45, 7) is 1.97. The van der Waals surface area contributed by atoms with Crippen LogP contribution in [0.2, 0.25) is 0 Å². The minimum atomic E-state index is 0.842. The van der Waals surface area contributed by atoms with Crippen LogP contribution in [-0.4, -0.2) is 19.7 Å². The third-order valence-corrected chi connectivity index (χ3v) is 3.26. The molecule has 0 saturated carbocycles. The molecule has 3 aromatic rings. The van der Waals surface area contributed by atoms with Gasteiger partial charge in [-0.05, 0) is 35.0 Å². The lowest BCUT2D eigenvalue weighted by atomic mass is 10.2. The molecule has 0 amide bonds. The zero-order valence-electron chi connectivity index (χ0n) is 10.6. The van der Waals surface area contributed by atoms with Gasteiger partial charge in [0.2, 0.25) is 0 Å². The maximum Gasteiger partial charge on any atom is 0.112 e. The van der Waals surface area contributed by atoms with Crippen molar-refractivity contribution in [3.05, 3.63) is 40.9 Å². The summed E-state index contributed by atoms with van der Waals surface area (Å²) in [5.41, 5.74) is 4.53. The van der Waals surface area contributed by atoms with Crippen LogP contribution in [0.1, 0.15) is 5.69 Å². The van der Waals surface area contributed by atoms with Crippen LogP contribution in [0.5, 0.6) is 0 Å². The van der Waals surface area contributed by atoms with Crippen LogP contribution >= 0.6 is 15.9 Å². The summed E-state index contributed by atoms with van der Waals surface area (Å²) in [7, 11) is 1.90. The monoisotopic (exact) mass is 317 g/mol. The second-order valence-electron chi connectivity index (χ2n) is 4.31. The zero-order chi connectivity index (χ0) is 13.4. The van der Waals surface area contributed by atoms with Crippen LogP contribution in [0.3, 0.4) is 0 Å². The molecule has 0 aromatic carbocycles. The Balaban J connectivity index is 2.08. The van der Waals surface area contributed by atoms with E-state index in [1.54, 1.807) is 17.1 Å². The molecule has 19 heavy (non-hydrogen) atoms. The highest BCUT2D eigenvalue weighted by Crippen LogP contribution is 2.26. The molecule has 3 aromatic heterocycles. The van der Waals surface area contributed by atoms with Crippen molar-refractivity contribution in [2.24, 2.45) is 7.05 Å². The Kier molecular flexibility index (Phi) is 2.94. The largest absolute Gasteiger partial charge is 0.351 e. The van der Waals surface area contributed by atoms with Gasteiger partial charge in [-0.1, -0.05) is 0 Å². The van der Waals surface area contributed by atoms with Gasteiger partial charge in [0.15, 0.2) is 0 Å². The molecule has 96 valence electrons. The molecule has 5 nitrogen and oxygen atoms in total. The third-order valence-electron chi connectivity index (χ3n) is 2.83. The van der Waals surface area contributed by atoms with E-state index in [-0.39, 0.29) is 0 Å². The highest BCUT2D eigenvalue weighted by molar-refractivity contribution is 9.10. The Morgan fingerprint density at radius 3 is 2.84 bits per heavy atom. The molecule has 0 aliphatic carbocycles. The summed E-state index contributed by atoms with van der Waals surface area (Å²) >= 11 is 3.40. The Morgan fingerprint density at radius 2 is 2.11 bits per heavy atom. The van der Waals surface area contributed by atoms with Gasteiger partial charge < -0.3 is 5.32 Å². The van der Waals surface area contributed by atoms with Crippen LogP contribution < -0.4 is 5.32 Å². The minimum absolute atomic E-state index is 0.842. The SMILES string of the molecule is Cc1nn(C)cc1Nc1ccnc2cc(Br)cnc12. The molecular formula is C13H12BrN5. The molecule has 0 atom stereocenters. The van der Waals surface area contributed by atoms with Gasteiger partial charge >= 0.3 is 0 Å². The number of pyridine rings is 2. The highest BCUT2D eigenvalue weighted by Gasteiger charge is 2.07. The first-order valence-corrected chi connectivity index (χ1v) is 6.60. The lowest BCUT2D eigenvalue weighted by Gasteiger charge is -2.07. The summed E-state index contributed by atoms with van der Waals surface area (Å²) < 4.78 is 2.70. The number of nitrogens with zero attached hydrogens (tertiary/aromatic N) is 4. The van der Waals surface area contributed by atoms with Crippen LogP contribution in [0, 0.1) is 6.92 Å². The molecule has 1 N–H and O–H groups in total. The topological polar surface area (TPSA) is 55.6 Å². The molecule has 0 saturated heterocycles. The Bertz CT molecular complexity index is 750. The fourth-order valence-corrected chi connectivity index (χ4v) is 2.29. The average molecular weight is 318 g/mol.